The molecular formula is C20H20F2N6O3. The lowest BCUT2D eigenvalue weighted by Gasteiger charge is -2.16. The van der Waals surface area contributed by atoms with E-state index in [0.717, 1.165) is 19.3 Å². The zero-order chi connectivity index (χ0) is 21.8. The number of hydrogen-bond donors (Lipinski definition) is 3. The van der Waals surface area contributed by atoms with Gasteiger partial charge in [-0.2, -0.15) is 8.78 Å². The first kappa shape index (κ1) is 20.5. The zero-order valence-electron chi connectivity index (χ0n) is 16.3. The summed E-state index contributed by atoms with van der Waals surface area (Å²) in [7, 11) is 0. The number of alkyl halides is 2. The molecule has 1 aliphatic rings. The van der Waals surface area contributed by atoms with Crippen LogP contribution in [0.2, 0.25) is 0 Å². The lowest BCUT2D eigenvalue weighted by molar-refractivity contribution is -0.0503. The highest BCUT2D eigenvalue weighted by atomic mass is 19.3. The molecular weight excluding hydrogens is 410 g/mol. The lowest BCUT2D eigenvalue weighted by atomic mass is 10.2. The number of ether oxygens (including phenoxy) is 1. The highest BCUT2D eigenvalue weighted by Gasteiger charge is 2.26. The molecule has 1 aliphatic carbocycles. The first-order chi connectivity index (χ1) is 15.0. The third-order valence-electron chi connectivity index (χ3n) is 4.91. The Hall–Kier alpha value is -3.76. The number of aromatic nitrogens is 4. The fourth-order valence-electron chi connectivity index (χ4n) is 3.50. The first-order valence-corrected chi connectivity index (χ1v) is 9.65. The summed E-state index contributed by atoms with van der Waals surface area (Å²) in [4.78, 5) is 24.2. The molecule has 0 aliphatic heterocycles. The van der Waals surface area contributed by atoms with Crippen molar-refractivity contribution in [3.8, 4) is 17.2 Å². The van der Waals surface area contributed by atoms with E-state index in [1.165, 1.54) is 35.3 Å². The van der Waals surface area contributed by atoms with E-state index in [1.54, 1.807) is 18.3 Å². The smallest absolute Gasteiger partial charge is 0.387 e. The second-order valence-corrected chi connectivity index (χ2v) is 7.09. The number of halogens is 2. The fourth-order valence-corrected chi connectivity index (χ4v) is 3.50. The second kappa shape index (κ2) is 8.94. The van der Waals surface area contributed by atoms with E-state index in [2.05, 4.69) is 30.3 Å². The summed E-state index contributed by atoms with van der Waals surface area (Å²) in [5, 5.41) is 16.7. The fraction of sp³-hybridized carbons (Fsp3) is 0.300. The van der Waals surface area contributed by atoms with Crippen molar-refractivity contribution in [1.29, 1.82) is 0 Å². The van der Waals surface area contributed by atoms with Crippen molar-refractivity contribution in [2.24, 2.45) is 0 Å². The number of nitrogens with one attached hydrogen (secondary N) is 2. The summed E-state index contributed by atoms with van der Waals surface area (Å²) in [5.74, 6) is 0.505. The van der Waals surface area contributed by atoms with Gasteiger partial charge < -0.3 is 20.5 Å². The monoisotopic (exact) mass is 430 g/mol. The quantitative estimate of drug-likeness (QED) is 0.524. The summed E-state index contributed by atoms with van der Waals surface area (Å²) in [6, 6.07) is 6.41. The van der Waals surface area contributed by atoms with E-state index in [0.29, 0.717) is 17.5 Å². The Bertz CT molecular complexity index is 1090. The normalized spacial score (nSPS) is 18.2. The molecule has 11 heteroatoms. The number of nitrogens with zero attached hydrogens (tertiary/aromatic N) is 4. The molecule has 1 saturated carbocycles. The molecule has 0 amide bonds. The van der Waals surface area contributed by atoms with Crippen LogP contribution in [0, 0.1) is 0 Å². The van der Waals surface area contributed by atoms with E-state index in [4.69, 9.17) is 0 Å². The van der Waals surface area contributed by atoms with Crippen LogP contribution in [-0.2, 0) is 0 Å². The highest BCUT2D eigenvalue weighted by Crippen LogP contribution is 2.29. The maximum absolute atomic E-state index is 12.2. The highest BCUT2D eigenvalue weighted by molar-refractivity contribution is 5.54. The molecule has 9 nitrogen and oxygen atoms in total. The van der Waals surface area contributed by atoms with Gasteiger partial charge in [0.2, 0.25) is 5.95 Å². The summed E-state index contributed by atoms with van der Waals surface area (Å²) in [6.07, 6.45) is 7.87. The minimum absolute atomic E-state index is 0.0531. The number of rotatable bonds is 7. The van der Waals surface area contributed by atoms with Crippen LogP contribution in [0.4, 0.5) is 20.5 Å². The second-order valence-electron chi connectivity index (χ2n) is 7.09. The molecule has 0 aromatic carbocycles. The summed E-state index contributed by atoms with van der Waals surface area (Å²) < 4.78 is 30.0. The predicted octanol–water partition coefficient (Wildman–Crippen LogP) is 2.77. The van der Waals surface area contributed by atoms with Crippen LogP contribution in [0.15, 0.2) is 53.8 Å². The van der Waals surface area contributed by atoms with Crippen LogP contribution in [-0.4, -0.2) is 43.3 Å². The van der Waals surface area contributed by atoms with Crippen molar-refractivity contribution in [2.45, 2.75) is 38.0 Å². The zero-order valence-corrected chi connectivity index (χ0v) is 16.3. The Balaban J connectivity index is 1.35. The maximum atomic E-state index is 12.2. The van der Waals surface area contributed by atoms with Gasteiger partial charge in [0.15, 0.2) is 17.3 Å². The Labute approximate surface area is 175 Å². The third-order valence-corrected chi connectivity index (χ3v) is 4.91. The molecule has 3 aromatic heterocycles. The number of anilines is 2. The van der Waals surface area contributed by atoms with Crippen molar-refractivity contribution < 1.29 is 18.6 Å². The van der Waals surface area contributed by atoms with E-state index >= 15 is 0 Å². The molecule has 4 rings (SSSR count). The largest absolute Gasteiger partial charge is 0.504 e. The van der Waals surface area contributed by atoms with Crippen LogP contribution >= 0.6 is 0 Å². The number of hydrogen-bond acceptors (Lipinski definition) is 8. The topological polar surface area (TPSA) is 114 Å². The van der Waals surface area contributed by atoms with Crippen molar-refractivity contribution in [3.63, 3.8) is 0 Å². The molecule has 0 saturated heterocycles. The van der Waals surface area contributed by atoms with Crippen LogP contribution in [0.3, 0.4) is 0 Å². The molecule has 162 valence electrons. The molecule has 0 unspecified atom stereocenters. The van der Waals surface area contributed by atoms with Gasteiger partial charge in [0.1, 0.15) is 0 Å². The Kier molecular flexibility index (Phi) is 5.92. The Morgan fingerprint density at radius 1 is 1.10 bits per heavy atom. The van der Waals surface area contributed by atoms with Gasteiger partial charge in [0.25, 0.3) is 5.56 Å². The van der Waals surface area contributed by atoms with Gasteiger partial charge in [0, 0.05) is 30.4 Å². The van der Waals surface area contributed by atoms with Crippen molar-refractivity contribution in [2.75, 3.05) is 10.6 Å². The summed E-state index contributed by atoms with van der Waals surface area (Å²) in [5.41, 5.74) is 0.251. The van der Waals surface area contributed by atoms with E-state index in [-0.39, 0.29) is 29.1 Å². The van der Waals surface area contributed by atoms with Gasteiger partial charge in [-0.15, -0.1) is 0 Å². The number of pyridine rings is 2. The van der Waals surface area contributed by atoms with Crippen molar-refractivity contribution >= 4 is 11.8 Å². The van der Waals surface area contributed by atoms with Gasteiger partial charge in [-0.3, -0.25) is 9.36 Å². The Morgan fingerprint density at radius 3 is 2.52 bits per heavy atom. The average molecular weight is 430 g/mol. The van der Waals surface area contributed by atoms with Gasteiger partial charge in [0.05, 0.1) is 24.3 Å². The number of aromatic hydroxyl groups is 1. The minimum Gasteiger partial charge on any atom is -0.504 e. The first-order valence-electron chi connectivity index (χ1n) is 9.65. The van der Waals surface area contributed by atoms with Gasteiger partial charge in [-0.1, -0.05) is 6.07 Å². The predicted molar refractivity (Wildman–Crippen MR) is 109 cm³/mol. The molecule has 31 heavy (non-hydrogen) atoms. The Morgan fingerprint density at radius 2 is 1.84 bits per heavy atom. The molecule has 1 fully saturated rings. The van der Waals surface area contributed by atoms with Crippen LogP contribution in [0.5, 0.6) is 11.5 Å². The SMILES string of the molecule is O=c1ccccn1-c1cnc(N[C@H]2CC[C@H](Nc3ncc(OC(F)F)cn3)C2)c(O)c1. The molecule has 3 heterocycles. The van der Waals surface area contributed by atoms with E-state index in [9.17, 15) is 18.7 Å². The molecule has 3 aromatic rings. The molecule has 0 spiro atoms. The van der Waals surface area contributed by atoms with Gasteiger partial charge >= 0.3 is 6.61 Å². The van der Waals surface area contributed by atoms with Crippen molar-refractivity contribution in [3.05, 3.63) is 59.4 Å². The van der Waals surface area contributed by atoms with E-state index < -0.39 is 6.61 Å². The van der Waals surface area contributed by atoms with Crippen LogP contribution in [0.25, 0.3) is 5.69 Å². The maximum Gasteiger partial charge on any atom is 0.387 e. The molecule has 0 bridgehead atoms. The molecule has 3 N–H and O–H groups in total. The van der Waals surface area contributed by atoms with Crippen molar-refractivity contribution in [1.82, 2.24) is 19.5 Å². The third kappa shape index (κ3) is 5.05. The lowest BCUT2D eigenvalue weighted by Crippen LogP contribution is -2.22. The summed E-state index contributed by atoms with van der Waals surface area (Å²) >= 11 is 0. The average Bonchev–Trinajstić information content (AvgIpc) is 3.18. The summed E-state index contributed by atoms with van der Waals surface area (Å²) in [6.45, 7) is -2.92. The molecule has 0 radical (unpaired) electrons. The molecule has 2 atom stereocenters. The standard InChI is InChI=1S/C20H20F2N6O3/c21-19(22)31-15-10-24-20(25-11-15)27-13-5-4-12(7-13)26-18-16(29)8-14(9-23-18)28-6-2-1-3-17(28)30/h1-3,6,8-13,19,29H,4-5,7H2,(H,23,26)(H,24,25,27)/t12-,13-/m0/s1. The van der Waals surface area contributed by atoms with Crippen LogP contribution in [0.1, 0.15) is 19.3 Å². The minimum atomic E-state index is -2.92. The van der Waals surface area contributed by atoms with E-state index in [1.807, 2.05) is 0 Å². The van der Waals surface area contributed by atoms with Gasteiger partial charge in [-0.05, 0) is 25.3 Å². The van der Waals surface area contributed by atoms with Crippen LogP contribution < -0.4 is 20.9 Å². The van der Waals surface area contributed by atoms with Gasteiger partial charge in [-0.25, -0.2) is 15.0 Å².